The number of para-hydroxylation sites is 1. The van der Waals surface area contributed by atoms with E-state index in [1.807, 2.05) is 23.9 Å². The minimum atomic E-state index is -0.807. The average molecular weight is 355 g/mol. The molecule has 1 unspecified atom stereocenters. The number of aryl methyl sites for hydroxylation is 1. The van der Waals surface area contributed by atoms with E-state index in [1.165, 1.54) is 5.56 Å². The van der Waals surface area contributed by atoms with Crippen molar-refractivity contribution in [2.45, 2.75) is 63.3 Å². The number of nitrogens with zero attached hydrogens (tertiary/aromatic N) is 3. The molecular weight excluding hydrogens is 326 g/mol. The summed E-state index contributed by atoms with van der Waals surface area (Å²) in [5, 5.41) is 11.3. The third-order valence-electron chi connectivity index (χ3n) is 5.94. The van der Waals surface area contributed by atoms with Crippen LogP contribution in [0.3, 0.4) is 0 Å². The van der Waals surface area contributed by atoms with Gasteiger partial charge in [-0.3, -0.25) is 4.90 Å². The van der Waals surface area contributed by atoms with Gasteiger partial charge in [-0.2, -0.15) is 0 Å². The maximum atomic E-state index is 11.3. The minimum absolute atomic E-state index is 0.398. The third kappa shape index (κ3) is 3.14. The Morgan fingerprint density at radius 2 is 1.96 bits per heavy atom. The van der Waals surface area contributed by atoms with Gasteiger partial charge in [0.25, 0.3) is 0 Å². The summed E-state index contributed by atoms with van der Waals surface area (Å²) in [5.41, 5.74) is 0.444. The molecule has 2 saturated heterocycles. The zero-order valence-corrected chi connectivity index (χ0v) is 15.8. The van der Waals surface area contributed by atoms with E-state index < -0.39 is 5.60 Å². The quantitative estimate of drug-likeness (QED) is 0.864. The number of benzene rings is 1. The highest BCUT2D eigenvalue weighted by molar-refractivity contribution is 5.33. The van der Waals surface area contributed by atoms with Crippen molar-refractivity contribution in [1.82, 2.24) is 14.5 Å². The second-order valence-electron chi connectivity index (χ2n) is 7.82. The molecule has 0 radical (unpaired) electrons. The first-order chi connectivity index (χ1) is 12.6. The number of ether oxygens (including phenoxy) is 1. The molecular formula is C21H29N3O2. The van der Waals surface area contributed by atoms with Crippen LogP contribution in [0, 0.1) is 0 Å². The van der Waals surface area contributed by atoms with Gasteiger partial charge in [0.15, 0.2) is 0 Å². The zero-order valence-electron chi connectivity index (χ0n) is 15.8. The van der Waals surface area contributed by atoms with E-state index in [0.29, 0.717) is 12.1 Å². The highest BCUT2D eigenvalue weighted by atomic mass is 16.5. The van der Waals surface area contributed by atoms with Crippen molar-refractivity contribution >= 4 is 0 Å². The van der Waals surface area contributed by atoms with Crippen LogP contribution in [-0.4, -0.2) is 38.2 Å². The number of aliphatic hydroxyl groups is 1. The third-order valence-corrected chi connectivity index (χ3v) is 5.94. The summed E-state index contributed by atoms with van der Waals surface area (Å²) in [6.45, 7) is 3.78. The van der Waals surface area contributed by atoms with Gasteiger partial charge in [0.2, 0.25) is 0 Å². The summed E-state index contributed by atoms with van der Waals surface area (Å²) in [4.78, 5) is 7.01. The molecule has 1 N–H and O–H groups in total. The van der Waals surface area contributed by atoms with Crippen LogP contribution in [0.4, 0.5) is 0 Å². The first-order valence-corrected chi connectivity index (χ1v) is 9.77. The van der Waals surface area contributed by atoms with Crippen molar-refractivity contribution in [2.75, 3.05) is 6.61 Å². The van der Waals surface area contributed by atoms with E-state index >= 15 is 0 Å². The molecule has 4 rings (SSSR count). The lowest BCUT2D eigenvalue weighted by molar-refractivity contribution is -0.0670. The molecule has 2 aromatic rings. The van der Waals surface area contributed by atoms with Crippen molar-refractivity contribution in [3.05, 3.63) is 48.0 Å². The Hall–Kier alpha value is -1.85. The molecule has 2 fully saturated rings. The van der Waals surface area contributed by atoms with Crippen LogP contribution in [0.1, 0.15) is 50.4 Å². The Morgan fingerprint density at radius 1 is 1.23 bits per heavy atom. The molecule has 0 saturated carbocycles. The van der Waals surface area contributed by atoms with Crippen molar-refractivity contribution in [1.29, 1.82) is 0 Å². The monoisotopic (exact) mass is 355 g/mol. The molecule has 0 amide bonds. The maximum absolute atomic E-state index is 11.3. The summed E-state index contributed by atoms with van der Waals surface area (Å²) in [5.74, 6) is 1.81. The number of imidazole rings is 1. The summed E-state index contributed by atoms with van der Waals surface area (Å²) in [7, 11) is 1.97. The molecule has 3 heterocycles. The Labute approximate surface area is 155 Å². The first-order valence-electron chi connectivity index (χ1n) is 9.77. The maximum Gasteiger partial charge on any atom is 0.140 e. The van der Waals surface area contributed by atoms with E-state index in [1.54, 1.807) is 6.20 Å². The van der Waals surface area contributed by atoms with E-state index in [2.05, 4.69) is 35.0 Å². The molecule has 0 aliphatic carbocycles. The van der Waals surface area contributed by atoms with Crippen molar-refractivity contribution in [3.63, 3.8) is 0 Å². The van der Waals surface area contributed by atoms with E-state index in [0.717, 1.165) is 56.8 Å². The summed E-state index contributed by atoms with van der Waals surface area (Å²) >= 11 is 0. The molecule has 2 aliphatic heterocycles. The summed E-state index contributed by atoms with van der Waals surface area (Å²) < 4.78 is 7.91. The van der Waals surface area contributed by atoms with E-state index in [4.69, 9.17) is 4.74 Å². The largest absolute Gasteiger partial charge is 0.493 e. The average Bonchev–Trinajstić information content (AvgIpc) is 3.17. The highest BCUT2D eigenvalue weighted by Gasteiger charge is 2.49. The Kier molecular flexibility index (Phi) is 4.76. The molecule has 3 atom stereocenters. The van der Waals surface area contributed by atoms with E-state index in [-0.39, 0.29) is 0 Å². The molecule has 1 aromatic heterocycles. The minimum Gasteiger partial charge on any atom is -0.493 e. The van der Waals surface area contributed by atoms with Gasteiger partial charge in [-0.25, -0.2) is 4.98 Å². The molecule has 5 heteroatoms. The van der Waals surface area contributed by atoms with Gasteiger partial charge in [-0.1, -0.05) is 25.1 Å². The van der Waals surface area contributed by atoms with Gasteiger partial charge >= 0.3 is 0 Å². The number of rotatable bonds is 6. The van der Waals surface area contributed by atoms with Crippen LogP contribution in [0.5, 0.6) is 5.75 Å². The Morgan fingerprint density at radius 3 is 2.62 bits per heavy atom. The van der Waals surface area contributed by atoms with E-state index in [9.17, 15) is 5.11 Å². The predicted octanol–water partition coefficient (Wildman–Crippen LogP) is 3.22. The lowest BCUT2D eigenvalue weighted by atomic mass is 9.85. The number of hydrogen-bond acceptors (Lipinski definition) is 4. The molecule has 0 spiro atoms. The highest BCUT2D eigenvalue weighted by Crippen LogP contribution is 2.46. The fraction of sp³-hybridized carbons (Fsp3) is 0.571. The summed E-state index contributed by atoms with van der Waals surface area (Å²) in [6.07, 6.45) is 8.52. The number of piperidine rings is 1. The molecule has 2 aliphatic rings. The molecule has 2 bridgehead atoms. The van der Waals surface area contributed by atoms with Gasteiger partial charge in [0, 0.05) is 43.6 Å². The number of hydrogen-bond donors (Lipinski definition) is 1. The number of aromatic nitrogens is 2. The normalized spacial score (nSPS) is 28.4. The van der Waals surface area contributed by atoms with Crippen LogP contribution in [0.15, 0.2) is 36.7 Å². The Balaban J connectivity index is 1.52. The fourth-order valence-electron chi connectivity index (χ4n) is 4.75. The van der Waals surface area contributed by atoms with Crippen LogP contribution < -0.4 is 4.74 Å². The molecule has 1 aromatic carbocycles. The number of fused-ring (bicyclic) bond motifs is 2. The van der Waals surface area contributed by atoms with Crippen molar-refractivity contribution in [2.24, 2.45) is 7.05 Å². The van der Waals surface area contributed by atoms with Crippen LogP contribution in [0.2, 0.25) is 0 Å². The lowest BCUT2D eigenvalue weighted by Crippen LogP contribution is -2.50. The second kappa shape index (κ2) is 7.05. The molecule has 140 valence electrons. The summed E-state index contributed by atoms with van der Waals surface area (Å²) in [6, 6.07) is 9.17. The standard InChI is InChI=1S/C21H29N3O2/c1-3-12-26-19-7-5-4-6-16(19)15-24-17-8-9-18(24)14-21(25,13-17)20-22-10-11-23(20)2/h4-7,10-11,17-18,25H,3,8-9,12-15H2,1-2H3/t17-,18+,21?. The van der Waals surface area contributed by atoms with Gasteiger partial charge in [0.05, 0.1) is 6.61 Å². The molecule has 5 nitrogen and oxygen atoms in total. The predicted molar refractivity (Wildman–Crippen MR) is 101 cm³/mol. The fourth-order valence-corrected chi connectivity index (χ4v) is 4.75. The first kappa shape index (κ1) is 17.6. The van der Waals surface area contributed by atoms with Crippen LogP contribution >= 0.6 is 0 Å². The topological polar surface area (TPSA) is 50.5 Å². The van der Waals surface area contributed by atoms with Crippen LogP contribution in [0.25, 0.3) is 0 Å². The molecule has 26 heavy (non-hydrogen) atoms. The zero-order chi connectivity index (χ0) is 18.1. The van der Waals surface area contributed by atoms with Gasteiger partial charge in [-0.15, -0.1) is 0 Å². The van der Waals surface area contributed by atoms with Crippen molar-refractivity contribution < 1.29 is 9.84 Å². The van der Waals surface area contributed by atoms with Gasteiger partial charge in [0.1, 0.15) is 17.2 Å². The van der Waals surface area contributed by atoms with Gasteiger partial charge in [-0.05, 0) is 38.2 Å². The SMILES string of the molecule is CCCOc1ccccc1CN1[C@@H]2CC[C@H]1CC(O)(c1nccn1C)C2. The Bertz CT molecular complexity index is 743. The van der Waals surface area contributed by atoms with Gasteiger partial charge < -0.3 is 14.4 Å². The van der Waals surface area contributed by atoms with Crippen molar-refractivity contribution in [3.8, 4) is 5.75 Å². The lowest BCUT2D eigenvalue weighted by Gasteiger charge is -2.43. The second-order valence-corrected chi connectivity index (χ2v) is 7.82. The van der Waals surface area contributed by atoms with Crippen LogP contribution in [-0.2, 0) is 19.2 Å². The smallest absolute Gasteiger partial charge is 0.140 e.